The van der Waals surface area contributed by atoms with E-state index >= 15 is 0 Å². The van der Waals surface area contributed by atoms with Gasteiger partial charge in [0.05, 0.1) is 12.6 Å². The predicted octanol–water partition coefficient (Wildman–Crippen LogP) is 0.481. The second-order valence-electron chi connectivity index (χ2n) is 5.92. The number of ether oxygens (including phenoxy) is 2. The molecule has 0 radical (unpaired) electrons. The molecule has 2 aliphatic rings. The highest BCUT2D eigenvalue weighted by Crippen LogP contribution is 2.33. The molecule has 1 amide bonds. The number of nitrogens with zero attached hydrogens (tertiary/aromatic N) is 1. The van der Waals surface area contributed by atoms with Crippen molar-refractivity contribution in [1.82, 2.24) is 10.2 Å². The molecule has 0 unspecified atom stereocenters. The van der Waals surface area contributed by atoms with Gasteiger partial charge in [0, 0.05) is 18.3 Å². The quantitative estimate of drug-likeness (QED) is 0.421. The summed E-state index contributed by atoms with van der Waals surface area (Å²) in [5.41, 5.74) is 0.423. The average Bonchev–Trinajstić information content (AvgIpc) is 2.75. The standard InChI is InChI=1S/C15H22N2O5/c1-5-6-17-13(10-8-21-15(3,4)22-10)12(14(17)20)16-9(2)7-11(18)19/h5,7,10,12-13,16H,1,6,8H2,2-4H3,(H,18,19)/b9-7-/t10-,12-,13+/m0/s1. The van der Waals surface area contributed by atoms with Crippen LogP contribution in [0.15, 0.2) is 24.4 Å². The van der Waals surface area contributed by atoms with Gasteiger partial charge in [0.15, 0.2) is 5.79 Å². The first-order chi connectivity index (χ1) is 10.2. The summed E-state index contributed by atoms with van der Waals surface area (Å²) >= 11 is 0. The van der Waals surface area contributed by atoms with Crippen molar-refractivity contribution in [3.05, 3.63) is 24.4 Å². The fourth-order valence-electron chi connectivity index (χ4n) is 2.84. The molecule has 2 saturated heterocycles. The monoisotopic (exact) mass is 310 g/mol. The van der Waals surface area contributed by atoms with Gasteiger partial charge in [-0.15, -0.1) is 6.58 Å². The van der Waals surface area contributed by atoms with E-state index in [2.05, 4.69) is 11.9 Å². The van der Waals surface area contributed by atoms with E-state index in [0.717, 1.165) is 6.08 Å². The van der Waals surface area contributed by atoms with Crippen molar-refractivity contribution >= 4 is 11.9 Å². The first-order valence-corrected chi connectivity index (χ1v) is 7.16. The van der Waals surface area contributed by atoms with E-state index in [1.165, 1.54) is 0 Å². The fraction of sp³-hybridized carbons (Fsp3) is 0.600. The number of allylic oxidation sites excluding steroid dienone is 1. The number of carbonyl (C=O) groups is 2. The van der Waals surface area contributed by atoms with E-state index in [0.29, 0.717) is 18.8 Å². The van der Waals surface area contributed by atoms with Gasteiger partial charge < -0.3 is 24.8 Å². The third-order valence-electron chi connectivity index (χ3n) is 3.71. The van der Waals surface area contributed by atoms with E-state index < -0.39 is 17.8 Å². The maximum atomic E-state index is 12.2. The lowest BCUT2D eigenvalue weighted by Crippen LogP contribution is -2.73. The summed E-state index contributed by atoms with van der Waals surface area (Å²) in [5.74, 6) is -1.84. The molecular formula is C15H22N2O5. The zero-order chi connectivity index (χ0) is 16.5. The molecule has 2 rings (SSSR count). The van der Waals surface area contributed by atoms with Crippen LogP contribution in [-0.4, -0.2) is 59.0 Å². The van der Waals surface area contributed by atoms with Gasteiger partial charge in [-0.25, -0.2) is 4.79 Å². The summed E-state index contributed by atoms with van der Waals surface area (Å²) in [7, 11) is 0. The molecule has 0 aromatic heterocycles. The van der Waals surface area contributed by atoms with Crippen LogP contribution in [0.4, 0.5) is 0 Å². The number of aliphatic carboxylic acids is 1. The van der Waals surface area contributed by atoms with Crippen molar-refractivity contribution in [3.63, 3.8) is 0 Å². The van der Waals surface area contributed by atoms with Crippen molar-refractivity contribution < 1.29 is 24.2 Å². The topological polar surface area (TPSA) is 88.1 Å². The van der Waals surface area contributed by atoms with Gasteiger partial charge in [-0.2, -0.15) is 0 Å². The Hall–Kier alpha value is -1.86. The molecule has 0 aromatic carbocycles. The summed E-state index contributed by atoms with van der Waals surface area (Å²) in [5, 5.41) is 11.7. The Morgan fingerprint density at radius 1 is 1.59 bits per heavy atom. The van der Waals surface area contributed by atoms with Crippen molar-refractivity contribution in [3.8, 4) is 0 Å². The molecule has 0 aromatic rings. The van der Waals surface area contributed by atoms with Gasteiger partial charge in [-0.05, 0) is 20.8 Å². The Morgan fingerprint density at radius 3 is 2.77 bits per heavy atom. The molecule has 2 heterocycles. The number of β-lactam (4-membered cyclic amide) rings is 1. The molecule has 0 saturated carbocycles. The van der Waals surface area contributed by atoms with Crippen molar-refractivity contribution in [2.45, 2.75) is 44.7 Å². The Bertz CT molecular complexity index is 514. The number of hydrogen-bond acceptors (Lipinski definition) is 5. The number of amides is 1. The molecule has 3 atom stereocenters. The molecule has 2 N–H and O–H groups in total. The lowest BCUT2D eigenvalue weighted by Gasteiger charge is -2.49. The van der Waals surface area contributed by atoms with E-state index in [4.69, 9.17) is 14.6 Å². The Kier molecular flexibility index (Phi) is 4.58. The van der Waals surface area contributed by atoms with E-state index in [1.807, 2.05) is 13.8 Å². The van der Waals surface area contributed by atoms with Crippen LogP contribution < -0.4 is 5.32 Å². The summed E-state index contributed by atoms with van der Waals surface area (Å²) in [6, 6.07) is -0.734. The fourth-order valence-corrected chi connectivity index (χ4v) is 2.84. The lowest BCUT2D eigenvalue weighted by atomic mass is 9.89. The number of rotatable bonds is 6. The average molecular weight is 310 g/mol. The molecule has 2 aliphatic heterocycles. The molecule has 0 aliphatic carbocycles. The normalized spacial score (nSPS) is 30.9. The van der Waals surface area contributed by atoms with Crippen LogP contribution in [0.1, 0.15) is 20.8 Å². The van der Waals surface area contributed by atoms with Gasteiger partial charge >= 0.3 is 5.97 Å². The predicted molar refractivity (Wildman–Crippen MR) is 78.9 cm³/mol. The highest BCUT2D eigenvalue weighted by Gasteiger charge is 2.54. The molecule has 0 spiro atoms. The maximum absolute atomic E-state index is 12.2. The molecular weight excluding hydrogens is 288 g/mol. The molecule has 122 valence electrons. The third-order valence-corrected chi connectivity index (χ3v) is 3.71. The summed E-state index contributed by atoms with van der Waals surface area (Å²) in [6.07, 6.45) is 2.43. The minimum absolute atomic E-state index is 0.101. The minimum atomic E-state index is -1.06. The number of nitrogens with one attached hydrogen (secondary N) is 1. The van der Waals surface area contributed by atoms with Gasteiger partial charge in [0.1, 0.15) is 12.1 Å². The molecule has 7 nitrogen and oxygen atoms in total. The van der Waals surface area contributed by atoms with Crippen LogP contribution in [0.2, 0.25) is 0 Å². The Morgan fingerprint density at radius 2 is 2.27 bits per heavy atom. The Labute approximate surface area is 129 Å². The first kappa shape index (κ1) is 16.5. The highest BCUT2D eigenvalue weighted by molar-refractivity contribution is 5.90. The smallest absolute Gasteiger partial charge is 0.330 e. The molecule has 2 fully saturated rings. The number of hydrogen-bond donors (Lipinski definition) is 2. The summed E-state index contributed by atoms with van der Waals surface area (Å²) in [6.45, 7) is 9.73. The van der Waals surface area contributed by atoms with E-state index in [1.54, 1.807) is 17.9 Å². The molecule has 0 bridgehead atoms. The van der Waals surface area contributed by atoms with Gasteiger partial charge in [0.25, 0.3) is 0 Å². The second kappa shape index (κ2) is 6.10. The van der Waals surface area contributed by atoms with Crippen LogP contribution in [0.25, 0.3) is 0 Å². The van der Waals surface area contributed by atoms with Crippen LogP contribution >= 0.6 is 0 Å². The van der Waals surface area contributed by atoms with Crippen LogP contribution in [0, 0.1) is 0 Å². The van der Waals surface area contributed by atoms with Crippen molar-refractivity contribution in [2.75, 3.05) is 13.2 Å². The van der Waals surface area contributed by atoms with Crippen LogP contribution in [-0.2, 0) is 19.1 Å². The zero-order valence-electron chi connectivity index (χ0n) is 13.0. The first-order valence-electron chi connectivity index (χ1n) is 7.16. The van der Waals surface area contributed by atoms with Gasteiger partial charge in [-0.3, -0.25) is 4.79 Å². The van der Waals surface area contributed by atoms with Gasteiger partial charge in [0.2, 0.25) is 5.91 Å². The molecule has 7 heteroatoms. The summed E-state index contributed by atoms with van der Waals surface area (Å²) < 4.78 is 11.4. The molecule has 22 heavy (non-hydrogen) atoms. The lowest BCUT2D eigenvalue weighted by molar-refractivity contribution is -0.172. The Balaban J connectivity index is 2.12. The number of likely N-dealkylation sites (tertiary alicyclic amines) is 1. The van der Waals surface area contributed by atoms with Crippen molar-refractivity contribution in [1.29, 1.82) is 0 Å². The zero-order valence-corrected chi connectivity index (χ0v) is 13.0. The van der Waals surface area contributed by atoms with Crippen LogP contribution in [0.3, 0.4) is 0 Å². The minimum Gasteiger partial charge on any atom is -0.478 e. The second-order valence-corrected chi connectivity index (χ2v) is 5.92. The van der Waals surface area contributed by atoms with E-state index in [-0.39, 0.29) is 18.1 Å². The SMILES string of the molecule is C=CCN1C(=O)[C@@H](N/C(C)=C\C(=O)O)[C@H]1[C@@H]1COC(C)(C)O1. The largest absolute Gasteiger partial charge is 0.478 e. The number of carboxylic acids is 1. The van der Waals surface area contributed by atoms with Crippen molar-refractivity contribution in [2.24, 2.45) is 0 Å². The summed E-state index contributed by atoms with van der Waals surface area (Å²) in [4.78, 5) is 24.6. The number of carbonyl (C=O) groups excluding carboxylic acids is 1. The van der Waals surface area contributed by atoms with Gasteiger partial charge in [-0.1, -0.05) is 6.08 Å². The highest BCUT2D eigenvalue weighted by atomic mass is 16.7. The van der Waals surface area contributed by atoms with Crippen LogP contribution in [0.5, 0.6) is 0 Å². The van der Waals surface area contributed by atoms with E-state index in [9.17, 15) is 9.59 Å². The number of carboxylic acid groups (broad SMARTS) is 1. The maximum Gasteiger partial charge on any atom is 0.330 e. The third kappa shape index (κ3) is 3.31.